The lowest BCUT2D eigenvalue weighted by Crippen LogP contribution is -2.27. The highest BCUT2D eigenvalue weighted by Gasteiger charge is 2.19. The fourth-order valence-corrected chi connectivity index (χ4v) is 2.55. The van der Waals surface area contributed by atoms with Crippen LogP contribution in [0.15, 0.2) is 0 Å². The fourth-order valence-electron chi connectivity index (χ4n) is 1.69. The predicted molar refractivity (Wildman–Crippen MR) is 78.7 cm³/mol. The minimum atomic E-state index is -0.134. The van der Waals surface area contributed by atoms with Crippen LogP contribution in [0, 0.1) is 0 Å². The molecule has 1 aliphatic carbocycles. The third-order valence-corrected chi connectivity index (χ3v) is 3.86. The molecule has 1 heterocycles. The van der Waals surface area contributed by atoms with E-state index in [0.29, 0.717) is 22.4 Å². The van der Waals surface area contributed by atoms with Gasteiger partial charge in [-0.25, -0.2) is 4.98 Å². The van der Waals surface area contributed by atoms with Crippen molar-refractivity contribution >= 4 is 28.2 Å². The van der Waals surface area contributed by atoms with Gasteiger partial charge in [0.25, 0.3) is 5.91 Å². The van der Waals surface area contributed by atoms with Gasteiger partial charge in [0.1, 0.15) is 10.7 Å². The first kappa shape index (κ1) is 14.1. The van der Waals surface area contributed by atoms with Gasteiger partial charge in [-0.15, -0.1) is 0 Å². The Kier molecular flexibility index (Phi) is 4.98. The number of amides is 1. The number of hydrogen-bond acceptors (Lipinski definition) is 6. The smallest absolute Gasteiger partial charge is 0.265 e. The summed E-state index contributed by atoms with van der Waals surface area (Å²) in [5.74, 6) is 0.167. The molecule has 0 unspecified atom stereocenters. The minimum Gasteiger partial charge on any atom is -0.382 e. The summed E-state index contributed by atoms with van der Waals surface area (Å²) in [6, 6.07) is 0.718. The van der Waals surface area contributed by atoms with Crippen LogP contribution in [0.4, 0.5) is 10.9 Å². The quantitative estimate of drug-likeness (QED) is 0.535. The molecule has 106 valence electrons. The molecule has 0 spiro atoms. The first-order valence-electron chi connectivity index (χ1n) is 6.72. The van der Waals surface area contributed by atoms with Gasteiger partial charge in [0.2, 0.25) is 0 Å². The molecule has 1 amide bonds. The summed E-state index contributed by atoms with van der Waals surface area (Å²) in [6.45, 7) is 4.35. The van der Waals surface area contributed by atoms with E-state index in [9.17, 15) is 4.79 Å². The monoisotopic (exact) mass is 283 g/mol. The molecule has 0 radical (unpaired) electrons. The molecule has 0 atom stereocenters. The predicted octanol–water partition coefficient (Wildman–Crippen LogP) is 1.03. The highest BCUT2D eigenvalue weighted by molar-refractivity contribution is 7.18. The molecule has 6 nitrogen and oxygen atoms in total. The first-order chi connectivity index (χ1) is 9.20. The van der Waals surface area contributed by atoms with Gasteiger partial charge in [-0.1, -0.05) is 11.3 Å². The Bertz CT molecular complexity index is 430. The molecule has 19 heavy (non-hydrogen) atoms. The van der Waals surface area contributed by atoms with Gasteiger partial charge in [-0.3, -0.25) is 4.79 Å². The van der Waals surface area contributed by atoms with Crippen LogP contribution >= 0.6 is 11.3 Å². The zero-order valence-corrected chi connectivity index (χ0v) is 12.0. The summed E-state index contributed by atoms with van der Waals surface area (Å²) in [4.78, 5) is 16.5. The third kappa shape index (κ3) is 4.36. The Hall–Kier alpha value is -1.34. The second kappa shape index (κ2) is 6.72. The molecule has 0 bridgehead atoms. The minimum absolute atomic E-state index is 0.134. The van der Waals surface area contributed by atoms with E-state index in [2.05, 4.69) is 20.9 Å². The van der Waals surface area contributed by atoms with Gasteiger partial charge >= 0.3 is 0 Å². The zero-order chi connectivity index (χ0) is 13.7. The van der Waals surface area contributed by atoms with Gasteiger partial charge < -0.3 is 21.7 Å². The van der Waals surface area contributed by atoms with Crippen LogP contribution < -0.4 is 21.7 Å². The van der Waals surface area contributed by atoms with Crippen molar-refractivity contribution < 1.29 is 4.79 Å². The summed E-state index contributed by atoms with van der Waals surface area (Å²) in [5.41, 5.74) is 5.74. The summed E-state index contributed by atoms with van der Waals surface area (Å²) in [7, 11) is 0. The molecular weight excluding hydrogens is 262 g/mol. The maximum absolute atomic E-state index is 11.9. The normalized spacial score (nSPS) is 14.4. The van der Waals surface area contributed by atoms with Gasteiger partial charge in [-0.05, 0) is 32.7 Å². The van der Waals surface area contributed by atoms with Crippen molar-refractivity contribution in [3.05, 3.63) is 4.88 Å². The number of aromatic nitrogens is 1. The number of rotatable bonds is 8. The number of carbonyl (C=O) groups excluding carboxylic acids is 1. The molecule has 1 aliphatic rings. The van der Waals surface area contributed by atoms with Gasteiger partial charge in [-0.2, -0.15) is 0 Å². The Labute approximate surface area is 117 Å². The zero-order valence-electron chi connectivity index (χ0n) is 11.2. The SMILES string of the molecule is CCNc1nc(N)c(C(=O)NCCCNC2CC2)s1. The average Bonchev–Trinajstić information content (AvgIpc) is 3.12. The molecule has 1 aromatic heterocycles. The van der Waals surface area contributed by atoms with Gasteiger partial charge in [0.05, 0.1) is 0 Å². The number of hydrogen-bond donors (Lipinski definition) is 4. The van der Waals surface area contributed by atoms with E-state index >= 15 is 0 Å². The molecule has 0 saturated heterocycles. The van der Waals surface area contributed by atoms with E-state index in [-0.39, 0.29) is 5.91 Å². The maximum atomic E-state index is 11.9. The largest absolute Gasteiger partial charge is 0.382 e. The topological polar surface area (TPSA) is 92.1 Å². The summed E-state index contributed by atoms with van der Waals surface area (Å²) in [5, 5.41) is 10.0. The van der Waals surface area contributed by atoms with Crippen molar-refractivity contribution in [3.63, 3.8) is 0 Å². The van der Waals surface area contributed by atoms with Crippen molar-refractivity contribution in [1.29, 1.82) is 0 Å². The van der Waals surface area contributed by atoms with Crippen LogP contribution in [0.1, 0.15) is 35.9 Å². The Morgan fingerprint density at radius 2 is 2.26 bits per heavy atom. The van der Waals surface area contributed by atoms with Crippen LogP contribution in [0.2, 0.25) is 0 Å². The molecular formula is C12H21N5OS. The molecule has 1 fully saturated rings. The van der Waals surface area contributed by atoms with Crippen LogP contribution in [0.3, 0.4) is 0 Å². The first-order valence-corrected chi connectivity index (χ1v) is 7.54. The standard InChI is InChI=1S/C12H21N5OS/c1-2-14-12-17-10(13)9(19-12)11(18)16-7-3-6-15-8-4-5-8/h8,15H,2-7,13H2,1H3,(H,14,17)(H,16,18). The number of nitrogens with zero attached hydrogens (tertiary/aromatic N) is 1. The van der Waals surface area contributed by atoms with Crippen molar-refractivity contribution in [3.8, 4) is 0 Å². The lowest BCUT2D eigenvalue weighted by Gasteiger charge is -2.04. The van der Waals surface area contributed by atoms with E-state index < -0.39 is 0 Å². The summed E-state index contributed by atoms with van der Waals surface area (Å²) >= 11 is 1.30. The lowest BCUT2D eigenvalue weighted by atomic mass is 10.4. The number of carbonyl (C=O) groups is 1. The van der Waals surface area contributed by atoms with Crippen molar-refractivity contribution in [2.45, 2.75) is 32.2 Å². The van der Waals surface area contributed by atoms with E-state index in [0.717, 1.165) is 25.6 Å². The molecule has 1 saturated carbocycles. The molecule has 1 aromatic rings. The average molecular weight is 283 g/mol. The Balaban J connectivity index is 1.71. The lowest BCUT2D eigenvalue weighted by molar-refractivity contribution is 0.0958. The number of nitrogens with two attached hydrogens (primary N) is 1. The second-order valence-corrected chi connectivity index (χ2v) is 5.60. The van der Waals surface area contributed by atoms with E-state index in [1.165, 1.54) is 24.2 Å². The van der Waals surface area contributed by atoms with E-state index in [1.54, 1.807) is 0 Å². The van der Waals surface area contributed by atoms with Gasteiger partial charge in [0, 0.05) is 19.1 Å². The van der Waals surface area contributed by atoms with Crippen LogP contribution in [-0.2, 0) is 0 Å². The third-order valence-electron chi connectivity index (χ3n) is 2.84. The number of thiazole rings is 1. The number of nitrogen functional groups attached to an aromatic ring is 1. The second-order valence-electron chi connectivity index (χ2n) is 4.60. The van der Waals surface area contributed by atoms with Crippen LogP contribution in [-0.4, -0.2) is 36.6 Å². The molecule has 0 aromatic carbocycles. The van der Waals surface area contributed by atoms with Crippen molar-refractivity contribution in [1.82, 2.24) is 15.6 Å². The van der Waals surface area contributed by atoms with Crippen molar-refractivity contribution in [2.75, 3.05) is 30.7 Å². The summed E-state index contributed by atoms with van der Waals surface area (Å²) < 4.78 is 0. The number of nitrogens with one attached hydrogen (secondary N) is 3. The summed E-state index contributed by atoms with van der Waals surface area (Å²) in [6.07, 6.45) is 3.51. The molecule has 7 heteroatoms. The van der Waals surface area contributed by atoms with Crippen molar-refractivity contribution in [2.24, 2.45) is 0 Å². The number of anilines is 2. The molecule has 5 N–H and O–H groups in total. The van der Waals surface area contributed by atoms with Gasteiger partial charge in [0.15, 0.2) is 5.13 Å². The Morgan fingerprint density at radius 1 is 1.47 bits per heavy atom. The van der Waals surface area contributed by atoms with Crippen LogP contribution in [0.25, 0.3) is 0 Å². The van der Waals surface area contributed by atoms with Crippen LogP contribution in [0.5, 0.6) is 0 Å². The highest BCUT2D eigenvalue weighted by atomic mass is 32.1. The molecule has 0 aliphatic heterocycles. The molecule has 2 rings (SSSR count). The highest BCUT2D eigenvalue weighted by Crippen LogP contribution is 2.24. The Morgan fingerprint density at radius 3 is 2.95 bits per heavy atom. The fraction of sp³-hybridized carbons (Fsp3) is 0.667. The maximum Gasteiger partial charge on any atom is 0.265 e. The van der Waals surface area contributed by atoms with E-state index in [4.69, 9.17) is 5.73 Å². The van der Waals surface area contributed by atoms with E-state index in [1.807, 2.05) is 6.92 Å².